The molecule has 0 aromatic heterocycles. The van der Waals surface area contributed by atoms with E-state index in [0.29, 0.717) is 12.1 Å². The zero-order chi connectivity index (χ0) is 12.8. The Morgan fingerprint density at radius 1 is 1.41 bits per heavy atom. The number of hydrogen-bond acceptors (Lipinski definition) is 3. The lowest BCUT2D eigenvalue weighted by Crippen LogP contribution is -2.28. The van der Waals surface area contributed by atoms with Gasteiger partial charge in [-0.25, -0.2) is 4.79 Å². The molecule has 0 fully saturated rings. The fraction of sp³-hybridized carbons (Fsp3) is 0.273. The summed E-state index contributed by atoms with van der Waals surface area (Å²) >= 11 is 3.04. The minimum Gasteiger partial charge on any atom is -0.506 e. The summed E-state index contributed by atoms with van der Waals surface area (Å²) in [6.07, 6.45) is 0. The Balaban J connectivity index is 2.83. The molecule has 1 aromatic rings. The van der Waals surface area contributed by atoms with Gasteiger partial charge < -0.3 is 15.7 Å². The molecule has 92 valence electrons. The minimum atomic E-state index is -0.401. The van der Waals surface area contributed by atoms with Crippen LogP contribution in [0.4, 0.5) is 10.5 Å². The average Bonchev–Trinajstić information content (AvgIpc) is 2.31. The minimum absolute atomic E-state index is 0.134. The predicted molar refractivity (Wildman–Crippen MR) is 68.9 cm³/mol. The molecule has 1 aromatic carbocycles. The number of ketones is 1. The monoisotopic (exact) mass is 300 g/mol. The Bertz CT molecular complexity index is 435. The van der Waals surface area contributed by atoms with Gasteiger partial charge in [-0.2, -0.15) is 0 Å². The molecule has 0 heterocycles. The van der Waals surface area contributed by atoms with Crippen molar-refractivity contribution in [1.29, 1.82) is 0 Å². The molecular formula is C11H13BrN2O3. The van der Waals surface area contributed by atoms with Crippen LogP contribution in [-0.2, 0) is 0 Å². The number of carbonyl (C=O) groups is 2. The van der Waals surface area contributed by atoms with Gasteiger partial charge in [-0.1, -0.05) is 15.9 Å². The van der Waals surface area contributed by atoms with Crippen LogP contribution in [0.15, 0.2) is 18.2 Å². The van der Waals surface area contributed by atoms with Crippen LogP contribution in [0.2, 0.25) is 0 Å². The first kappa shape index (κ1) is 13.5. The van der Waals surface area contributed by atoms with Gasteiger partial charge in [0.1, 0.15) is 5.75 Å². The maximum absolute atomic E-state index is 11.3. The van der Waals surface area contributed by atoms with Crippen LogP contribution in [0.1, 0.15) is 17.3 Å². The van der Waals surface area contributed by atoms with E-state index in [0.717, 1.165) is 0 Å². The van der Waals surface area contributed by atoms with Gasteiger partial charge in [0, 0.05) is 12.1 Å². The van der Waals surface area contributed by atoms with E-state index in [1.54, 1.807) is 13.0 Å². The van der Waals surface area contributed by atoms with E-state index in [4.69, 9.17) is 0 Å². The van der Waals surface area contributed by atoms with Crippen LogP contribution in [0.5, 0.6) is 5.75 Å². The van der Waals surface area contributed by atoms with Crippen molar-refractivity contribution in [3.8, 4) is 5.75 Å². The number of alkyl halides is 1. The average molecular weight is 301 g/mol. The van der Waals surface area contributed by atoms with Crippen molar-refractivity contribution >= 4 is 33.4 Å². The van der Waals surface area contributed by atoms with Gasteiger partial charge in [0.2, 0.25) is 0 Å². The van der Waals surface area contributed by atoms with Crippen molar-refractivity contribution in [3.05, 3.63) is 23.8 Å². The zero-order valence-corrected chi connectivity index (χ0v) is 10.9. The molecule has 0 aliphatic heterocycles. The van der Waals surface area contributed by atoms with E-state index in [2.05, 4.69) is 26.6 Å². The van der Waals surface area contributed by atoms with Gasteiger partial charge in [-0.05, 0) is 25.1 Å². The van der Waals surface area contributed by atoms with Crippen molar-refractivity contribution in [2.45, 2.75) is 6.92 Å². The number of carbonyl (C=O) groups excluding carboxylic acids is 2. The van der Waals surface area contributed by atoms with Crippen LogP contribution in [0, 0.1) is 0 Å². The number of anilines is 1. The van der Waals surface area contributed by atoms with Gasteiger partial charge in [-0.15, -0.1) is 0 Å². The molecule has 2 amide bonds. The summed E-state index contributed by atoms with van der Waals surface area (Å²) in [5, 5.41) is 14.8. The SMILES string of the molecule is CCNC(=O)Nc1ccc(C(=O)CBr)cc1O. The smallest absolute Gasteiger partial charge is 0.319 e. The lowest BCUT2D eigenvalue weighted by atomic mass is 10.1. The second kappa shape index (κ2) is 6.24. The Hall–Kier alpha value is -1.56. The largest absolute Gasteiger partial charge is 0.506 e. The lowest BCUT2D eigenvalue weighted by molar-refractivity contribution is 0.102. The number of phenols is 1. The number of halogens is 1. The predicted octanol–water partition coefficient (Wildman–Crippen LogP) is 2.11. The fourth-order valence-electron chi connectivity index (χ4n) is 1.22. The number of phenolic OH excluding ortho intramolecular Hbond substituents is 1. The van der Waals surface area contributed by atoms with E-state index in [9.17, 15) is 14.7 Å². The van der Waals surface area contributed by atoms with E-state index in [1.807, 2.05) is 0 Å². The first-order valence-electron chi connectivity index (χ1n) is 5.05. The van der Waals surface area contributed by atoms with Crippen LogP contribution in [0.3, 0.4) is 0 Å². The Morgan fingerprint density at radius 3 is 2.65 bits per heavy atom. The van der Waals surface area contributed by atoms with Gasteiger partial charge in [0.25, 0.3) is 0 Å². The summed E-state index contributed by atoms with van der Waals surface area (Å²) in [4.78, 5) is 22.6. The summed E-state index contributed by atoms with van der Waals surface area (Å²) in [7, 11) is 0. The van der Waals surface area contributed by atoms with Crippen LogP contribution >= 0.6 is 15.9 Å². The number of aromatic hydroxyl groups is 1. The maximum atomic E-state index is 11.3. The summed E-state index contributed by atoms with van der Waals surface area (Å²) in [6.45, 7) is 2.28. The molecule has 6 heteroatoms. The highest BCUT2D eigenvalue weighted by atomic mass is 79.9. The molecule has 0 atom stereocenters. The summed E-state index contributed by atoms with van der Waals surface area (Å²) in [5.74, 6) is -0.270. The fourth-order valence-corrected chi connectivity index (χ4v) is 1.54. The molecule has 0 unspecified atom stereocenters. The Kier molecular flexibility index (Phi) is 4.96. The third kappa shape index (κ3) is 3.74. The third-order valence-electron chi connectivity index (χ3n) is 2.03. The van der Waals surface area contributed by atoms with Gasteiger partial charge in [0.15, 0.2) is 5.78 Å². The number of rotatable bonds is 4. The molecule has 17 heavy (non-hydrogen) atoms. The quantitative estimate of drug-likeness (QED) is 0.453. The molecule has 0 aliphatic carbocycles. The van der Waals surface area contributed by atoms with E-state index in [-0.39, 0.29) is 22.6 Å². The number of urea groups is 1. The highest BCUT2D eigenvalue weighted by Crippen LogP contribution is 2.24. The van der Waals surface area contributed by atoms with Crippen molar-refractivity contribution < 1.29 is 14.7 Å². The molecule has 1 rings (SSSR count). The van der Waals surface area contributed by atoms with Crippen molar-refractivity contribution in [1.82, 2.24) is 5.32 Å². The normalized spacial score (nSPS) is 9.76. The number of Topliss-reactive ketones (excluding diaryl/α,β-unsaturated/α-hetero) is 1. The molecular weight excluding hydrogens is 288 g/mol. The van der Waals surface area contributed by atoms with Gasteiger partial charge in [-0.3, -0.25) is 4.79 Å². The number of nitrogens with one attached hydrogen (secondary N) is 2. The number of hydrogen-bond donors (Lipinski definition) is 3. The van der Waals surface area contributed by atoms with E-state index in [1.165, 1.54) is 12.1 Å². The first-order valence-corrected chi connectivity index (χ1v) is 6.17. The highest BCUT2D eigenvalue weighted by Gasteiger charge is 2.09. The number of benzene rings is 1. The van der Waals surface area contributed by atoms with Crippen LogP contribution < -0.4 is 10.6 Å². The summed E-state index contributed by atoms with van der Waals surface area (Å²) < 4.78 is 0. The van der Waals surface area contributed by atoms with Gasteiger partial charge in [0.05, 0.1) is 11.0 Å². The highest BCUT2D eigenvalue weighted by molar-refractivity contribution is 9.09. The molecule has 0 bridgehead atoms. The third-order valence-corrected chi connectivity index (χ3v) is 2.54. The molecule has 5 nitrogen and oxygen atoms in total. The first-order chi connectivity index (χ1) is 8.08. The van der Waals surface area contributed by atoms with Crippen molar-refractivity contribution in [3.63, 3.8) is 0 Å². The van der Waals surface area contributed by atoms with E-state index < -0.39 is 6.03 Å². The van der Waals surface area contributed by atoms with Crippen LogP contribution in [-0.4, -0.2) is 28.8 Å². The van der Waals surface area contributed by atoms with Gasteiger partial charge >= 0.3 is 6.03 Å². The number of amides is 2. The second-order valence-corrected chi connectivity index (χ2v) is 3.83. The molecule has 0 aliphatic rings. The van der Waals surface area contributed by atoms with E-state index >= 15 is 0 Å². The molecule has 3 N–H and O–H groups in total. The lowest BCUT2D eigenvalue weighted by Gasteiger charge is -2.08. The Labute approximate surface area is 107 Å². The molecule has 0 spiro atoms. The second-order valence-electron chi connectivity index (χ2n) is 3.27. The molecule has 0 saturated carbocycles. The standard InChI is InChI=1S/C11H13BrN2O3/c1-2-13-11(17)14-8-4-3-7(5-9(8)15)10(16)6-12/h3-5,15H,2,6H2,1H3,(H2,13,14,17). The van der Waals surface area contributed by atoms with Crippen molar-refractivity contribution in [2.75, 3.05) is 17.2 Å². The molecule has 0 saturated heterocycles. The summed E-state index contributed by atoms with van der Waals surface area (Å²) in [6, 6.07) is 3.96. The van der Waals surface area contributed by atoms with Crippen molar-refractivity contribution in [2.24, 2.45) is 0 Å². The summed E-state index contributed by atoms with van der Waals surface area (Å²) in [5.41, 5.74) is 0.655. The molecule has 0 radical (unpaired) electrons. The zero-order valence-electron chi connectivity index (χ0n) is 9.29. The van der Waals surface area contributed by atoms with Crippen LogP contribution in [0.25, 0.3) is 0 Å². The maximum Gasteiger partial charge on any atom is 0.319 e. The topological polar surface area (TPSA) is 78.4 Å². The Morgan fingerprint density at radius 2 is 2.12 bits per heavy atom.